The van der Waals surface area contributed by atoms with Gasteiger partial charge in [-0.15, -0.1) is 10.2 Å². The van der Waals surface area contributed by atoms with Crippen molar-refractivity contribution in [3.63, 3.8) is 0 Å². The van der Waals surface area contributed by atoms with E-state index in [2.05, 4.69) is 69.7 Å². The van der Waals surface area contributed by atoms with Gasteiger partial charge in [0.2, 0.25) is 11.0 Å². The topological polar surface area (TPSA) is 81.7 Å². The van der Waals surface area contributed by atoms with Crippen molar-refractivity contribution in [1.29, 1.82) is 0 Å². The predicted octanol–water partition coefficient (Wildman–Crippen LogP) is 3.78. The van der Waals surface area contributed by atoms with E-state index in [9.17, 15) is 9.59 Å². The van der Waals surface area contributed by atoms with Gasteiger partial charge in [0, 0.05) is 18.6 Å². The lowest BCUT2D eigenvalue weighted by Gasteiger charge is -2.51. The highest BCUT2D eigenvalue weighted by Gasteiger charge is 2.55. The normalized spacial score (nSPS) is 27.4. The summed E-state index contributed by atoms with van der Waals surface area (Å²) in [5, 5.41) is 10.9. The van der Waals surface area contributed by atoms with Gasteiger partial charge >= 0.3 is 6.03 Å². The van der Waals surface area contributed by atoms with E-state index in [0.29, 0.717) is 17.6 Å². The maximum absolute atomic E-state index is 13.6. The first kappa shape index (κ1) is 23.2. The van der Waals surface area contributed by atoms with Gasteiger partial charge in [-0.05, 0) is 64.1 Å². The molecule has 3 aliphatic rings. The summed E-state index contributed by atoms with van der Waals surface area (Å²) in [6.45, 7) is 1.48. The molecule has 0 unspecified atom stereocenters. The second kappa shape index (κ2) is 9.26. The molecular weight excluding hydrogens is 448 g/mol. The van der Waals surface area contributed by atoms with Crippen LogP contribution < -0.4 is 5.32 Å². The molecule has 2 saturated carbocycles. The van der Waals surface area contributed by atoms with Crippen LogP contribution >= 0.6 is 11.3 Å². The molecule has 1 spiro atoms. The van der Waals surface area contributed by atoms with E-state index in [-0.39, 0.29) is 29.6 Å². The summed E-state index contributed by atoms with van der Waals surface area (Å²) in [7, 11) is 4.34. The Balaban J connectivity index is 1.35. The minimum atomic E-state index is -0.214. The Hall–Kier alpha value is -2.52. The zero-order chi connectivity index (χ0) is 23.8. The van der Waals surface area contributed by atoms with Gasteiger partial charge in [-0.3, -0.25) is 15.0 Å². The van der Waals surface area contributed by atoms with Crippen molar-refractivity contribution in [2.24, 2.45) is 5.92 Å². The van der Waals surface area contributed by atoms with Crippen molar-refractivity contribution in [2.75, 3.05) is 39.0 Å². The molecule has 2 aliphatic carbocycles. The molecule has 182 valence electrons. The summed E-state index contributed by atoms with van der Waals surface area (Å²) in [4.78, 5) is 32.5. The van der Waals surface area contributed by atoms with Crippen molar-refractivity contribution < 1.29 is 9.59 Å². The van der Waals surface area contributed by atoms with E-state index in [1.165, 1.54) is 36.2 Å². The predicted molar refractivity (Wildman–Crippen MR) is 133 cm³/mol. The zero-order valence-corrected chi connectivity index (χ0v) is 20.9. The second-order valence-corrected chi connectivity index (χ2v) is 11.2. The molecule has 0 radical (unpaired) electrons. The average Bonchev–Trinajstić information content (AvgIpc) is 3.39. The molecule has 1 N–H and O–H groups in total. The molecule has 0 atom stereocenters. The number of anilines is 1. The molecule has 0 bridgehead atoms. The van der Waals surface area contributed by atoms with E-state index in [1.54, 1.807) is 10.4 Å². The molecule has 1 aromatic heterocycles. The first-order chi connectivity index (χ1) is 16.4. The number of hydrogen-bond donors (Lipinski definition) is 1. The van der Waals surface area contributed by atoms with Crippen LogP contribution in [0.15, 0.2) is 35.8 Å². The third kappa shape index (κ3) is 4.20. The Kier molecular flexibility index (Phi) is 6.33. The molecule has 2 heterocycles. The number of nitrogens with zero attached hydrogens (tertiary/aromatic N) is 5. The summed E-state index contributed by atoms with van der Waals surface area (Å²) < 4.78 is 0. The van der Waals surface area contributed by atoms with Gasteiger partial charge in [-0.25, -0.2) is 4.79 Å². The minimum Gasteiger partial charge on any atom is -0.317 e. The molecular formula is C25H34N6O2S. The number of rotatable bonds is 7. The fourth-order valence-corrected chi connectivity index (χ4v) is 6.53. The Labute approximate surface area is 205 Å². The van der Waals surface area contributed by atoms with E-state index >= 15 is 0 Å². The quantitative estimate of drug-likeness (QED) is 0.650. The summed E-state index contributed by atoms with van der Waals surface area (Å²) in [5.41, 5.74) is 2.69. The fourth-order valence-electron chi connectivity index (χ4n) is 6.07. The molecule has 34 heavy (non-hydrogen) atoms. The van der Waals surface area contributed by atoms with Crippen LogP contribution in [0.3, 0.4) is 0 Å². The first-order valence-corrected chi connectivity index (χ1v) is 13.2. The second-order valence-electron chi connectivity index (χ2n) is 10.4. The Morgan fingerprint density at radius 3 is 2.50 bits per heavy atom. The molecule has 3 fully saturated rings. The van der Waals surface area contributed by atoms with Crippen LogP contribution in [0.5, 0.6) is 0 Å². The van der Waals surface area contributed by atoms with E-state index in [0.717, 1.165) is 32.2 Å². The van der Waals surface area contributed by atoms with Crippen LogP contribution in [0.1, 0.15) is 50.5 Å². The van der Waals surface area contributed by atoms with Gasteiger partial charge in [-0.1, -0.05) is 48.1 Å². The lowest BCUT2D eigenvalue weighted by atomic mass is 9.68. The number of hydrogen-bond acceptors (Lipinski definition) is 6. The maximum atomic E-state index is 13.6. The highest BCUT2D eigenvalue weighted by molar-refractivity contribution is 7.13. The zero-order valence-electron chi connectivity index (χ0n) is 20.1. The van der Waals surface area contributed by atoms with Crippen LogP contribution in [-0.4, -0.2) is 76.1 Å². The van der Waals surface area contributed by atoms with E-state index in [1.807, 2.05) is 0 Å². The standard InChI is InChI=1S/C25H34N6O2S/c1-29(2)25(20-9-4-3-5-10-20)13-11-24(12-14-25)17-30(16-21(32)27-22-28-26-18-34-22)23(33)31(24)15-19-7-6-8-19/h3-5,9-10,18-19H,6-8,11-17H2,1-2H3,(H,27,28,32)/t24-,25+. The van der Waals surface area contributed by atoms with Gasteiger partial charge in [-0.2, -0.15) is 0 Å². The van der Waals surface area contributed by atoms with E-state index in [4.69, 9.17) is 0 Å². The fraction of sp³-hybridized carbons (Fsp3) is 0.600. The third-order valence-corrected chi connectivity index (χ3v) is 8.95. The lowest BCUT2D eigenvalue weighted by Crippen LogP contribution is -2.56. The number of urea groups is 1. The molecule has 3 amide bonds. The van der Waals surface area contributed by atoms with Gasteiger partial charge < -0.3 is 9.80 Å². The summed E-state index contributed by atoms with van der Waals surface area (Å²) in [6, 6.07) is 10.8. The van der Waals surface area contributed by atoms with E-state index < -0.39 is 0 Å². The number of aromatic nitrogens is 2. The number of carbonyl (C=O) groups is 2. The number of nitrogens with one attached hydrogen (secondary N) is 1. The highest BCUT2D eigenvalue weighted by atomic mass is 32.1. The molecule has 5 rings (SSSR count). The maximum Gasteiger partial charge on any atom is 0.321 e. The van der Waals surface area contributed by atoms with Gasteiger partial charge in [0.05, 0.1) is 5.54 Å². The van der Waals surface area contributed by atoms with Crippen LogP contribution in [0.2, 0.25) is 0 Å². The van der Waals surface area contributed by atoms with Crippen molar-refractivity contribution in [1.82, 2.24) is 24.9 Å². The first-order valence-electron chi connectivity index (χ1n) is 12.3. The van der Waals surface area contributed by atoms with Crippen molar-refractivity contribution in [3.05, 3.63) is 41.4 Å². The Morgan fingerprint density at radius 2 is 1.91 bits per heavy atom. The van der Waals surface area contributed by atoms with Crippen LogP contribution in [0.25, 0.3) is 0 Å². The van der Waals surface area contributed by atoms with Crippen molar-refractivity contribution >= 4 is 28.4 Å². The Morgan fingerprint density at radius 1 is 1.18 bits per heavy atom. The molecule has 1 aliphatic heterocycles. The van der Waals surface area contributed by atoms with Gasteiger partial charge in [0.25, 0.3) is 0 Å². The van der Waals surface area contributed by atoms with Crippen LogP contribution in [0.4, 0.5) is 9.93 Å². The highest BCUT2D eigenvalue weighted by Crippen LogP contribution is 2.49. The molecule has 1 aromatic carbocycles. The third-order valence-electron chi connectivity index (χ3n) is 8.34. The summed E-state index contributed by atoms with van der Waals surface area (Å²) >= 11 is 1.28. The number of benzene rings is 1. The van der Waals surface area contributed by atoms with Crippen LogP contribution in [0, 0.1) is 5.92 Å². The van der Waals surface area contributed by atoms with Gasteiger partial charge in [0.1, 0.15) is 12.1 Å². The van der Waals surface area contributed by atoms with Crippen molar-refractivity contribution in [3.8, 4) is 0 Å². The largest absolute Gasteiger partial charge is 0.321 e. The minimum absolute atomic E-state index is 0.0105. The smallest absolute Gasteiger partial charge is 0.317 e. The van der Waals surface area contributed by atoms with Gasteiger partial charge in [0.15, 0.2) is 0 Å². The Bertz CT molecular complexity index is 1000. The SMILES string of the molecule is CN(C)[C@]1(c2ccccc2)CC[C@]2(CC1)CN(CC(=O)Nc1nncs1)C(=O)N2CC1CCC1. The summed E-state index contributed by atoms with van der Waals surface area (Å²) in [6.07, 6.45) is 7.50. The number of amides is 3. The van der Waals surface area contributed by atoms with Crippen molar-refractivity contribution in [2.45, 2.75) is 56.0 Å². The molecule has 9 heteroatoms. The molecule has 8 nitrogen and oxygen atoms in total. The molecule has 1 saturated heterocycles. The lowest BCUT2D eigenvalue weighted by molar-refractivity contribution is -0.116. The monoisotopic (exact) mass is 482 g/mol. The molecule has 2 aromatic rings. The average molecular weight is 483 g/mol. The summed E-state index contributed by atoms with van der Waals surface area (Å²) in [5.74, 6) is 0.374. The van der Waals surface area contributed by atoms with Crippen LogP contribution in [-0.2, 0) is 10.3 Å². The number of carbonyl (C=O) groups excluding carboxylic acids is 2.